The Kier molecular flexibility index (Phi) is 4.83. The zero-order chi connectivity index (χ0) is 16.4. The fourth-order valence-corrected chi connectivity index (χ4v) is 5.29. The molecule has 4 aliphatic rings. The van der Waals surface area contributed by atoms with Crippen LogP contribution in [0.1, 0.15) is 65.2 Å². The lowest BCUT2D eigenvalue weighted by Crippen LogP contribution is -2.61. The van der Waals surface area contributed by atoms with E-state index in [0.717, 1.165) is 43.4 Å². The number of urea groups is 1. The Balaban J connectivity index is 1.41. The van der Waals surface area contributed by atoms with Gasteiger partial charge in [0.25, 0.3) is 0 Å². The predicted octanol–water partition coefficient (Wildman–Crippen LogP) is 2.56. The van der Waals surface area contributed by atoms with Gasteiger partial charge in [-0.25, -0.2) is 4.79 Å². The van der Waals surface area contributed by atoms with Crippen LogP contribution in [0.15, 0.2) is 0 Å². The summed E-state index contributed by atoms with van der Waals surface area (Å²) in [5, 5.41) is 9.06. The van der Waals surface area contributed by atoms with Crippen LogP contribution >= 0.6 is 0 Å². The molecule has 5 heteroatoms. The average molecular weight is 321 g/mol. The molecule has 0 aromatic carbocycles. The van der Waals surface area contributed by atoms with Gasteiger partial charge in [-0.05, 0) is 69.6 Å². The van der Waals surface area contributed by atoms with Crippen LogP contribution in [0.5, 0.6) is 0 Å². The third kappa shape index (κ3) is 3.99. The number of amides is 3. The number of nitrogens with one attached hydrogen (secondary N) is 3. The molecule has 5 nitrogen and oxygen atoms in total. The van der Waals surface area contributed by atoms with Gasteiger partial charge in [-0.15, -0.1) is 0 Å². The van der Waals surface area contributed by atoms with E-state index in [9.17, 15) is 9.59 Å². The summed E-state index contributed by atoms with van der Waals surface area (Å²) >= 11 is 0. The van der Waals surface area contributed by atoms with Gasteiger partial charge in [0.05, 0.1) is 0 Å². The molecular formula is C18H31N3O2. The number of carbonyl (C=O) groups excluding carboxylic acids is 2. The van der Waals surface area contributed by atoms with Crippen molar-refractivity contribution in [2.45, 2.75) is 76.8 Å². The van der Waals surface area contributed by atoms with Crippen LogP contribution in [0.4, 0.5) is 4.79 Å². The molecule has 4 saturated carbocycles. The maximum atomic E-state index is 12.2. The van der Waals surface area contributed by atoms with Gasteiger partial charge >= 0.3 is 6.03 Å². The van der Waals surface area contributed by atoms with E-state index in [0.29, 0.717) is 13.0 Å². The SMILES string of the molecule is CCC(C)NC(=O)CCNC(=O)NC12CC3CC(CC(C3)C1)C2. The molecule has 0 heterocycles. The molecule has 0 aromatic heterocycles. The molecule has 23 heavy (non-hydrogen) atoms. The average Bonchev–Trinajstić information content (AvgIpc) is 2.44. The van der Waals surface area contributed by atoms with Crippen molar-refractivity contribution >= 4 is 11.9 Å². The molecule has 3 amide bonds. The summed E-state index contributed by atoms with van der Waals surface area (Å²) < 4.78 is 0. The molecule has 0 aromatic rings. The summed E-state index contributed by atoms with van der Waals surface area (Å²) in [5.41, 5.74) is 0.0395. The quantitative estimate of drug-likeness (QED) is 0.703. The molecule has 4 fully saturated rings. The molecule has 0 saturated heterocycles. The van der Waals surface area contributed by atoms with Crippen molar-refractivity contribution in [2.24, 2.45) is 17.8 Å². The van der Waals surface area contributed by atoms with Crippen molar-refractivity contribution < 1.29 is 9.59 Å². The van der Waals surface area contributed by atoms with Crippen LogP contribution in [-0.2, 0) is 4.79 Å². The molecule has 130 valence electrons. The van der Waals surface area contributed by atoms with E-state index >= 15 is 0 Å². The zero-order valence-electron chi connectivity index (χ0n) is 14.5. The maximum absolute atomic E-state index is 12.2. The normalized spacial score (nSPS) is 35.7. The first-order valence-corrected chi connectivity index (χ1v) is 9.33. The molecule has 0 aliphatic heterocycles. The summed E-state index contributed by atoms with van der Waals surface area (Å²) in [4.78, 5) is 24.0. The van der Waals surface area contributed by atoms with Crippen LogP contribution in [0.2, 0.25) is 0 Å². The topological polar surface area (TPSA) is 70.2 Å². The first kappa shape index (κ1) is 16.6. The van der Waals surface area contributed by atoms with Gasteiger partial charge in [0.15, 0.2) is 0 Å². The fourth-order valence-electron chi connectivity index (χ4n) is 5.29. The molecule has 1 unspecified atom stereocenters. The summed E-state index contributed by atoms with van der Waals surface area (Å²) in [6.45, 7) is 4.44. The highest BCUT2D eigenvalue weighted by Crippen LogP contribution is 2.55. The minimum Gasteiger partial charge on any atom is -0.354 e. The van der Waals surface area contributed by atoms with E-state index in [1.807, 2.05) is 13.8 Å². The van der Waals surface area contributed by atoms with E-state index in [2.05, 4.69) is 16.0 Å². The molecule has 4 aliphatic carbocycles. The number of hydrogen-bond donors (Lipinski definition) is 3. The highest BCUT2D eigenvalue weighted by Gasteiger charge is 2.51. The Bertz CT molecular complexity index is 428. The van der Waals surface area contributed by atoms with E-state index in [1.54, 1.807) is 0 Å². The zero-order valence-corrected chi connectivity index (χ0v) is 14.5. The largest absolute Gasteiger partial charge is 0.354 e. The highest BCUT2D eigenvalue weighted by atomic mass is 16.2. The van der Waals surface area contributed by atoms with Gasteiger partial charge in [-0.1, -0.05) is 6.92 Å². The van der Waals surface area contributed by atoms with Gasteiger partial charge in [-0.3, -0.25) is 4.79 Å². The van der Waals surface area contributed by atoms with Gasteiger partial charge < -0.3 is 16.0 Å². The monoisotopic (exact) mass is 321 g/mol. The maximum Gasteiger partial charge on any atom is 0.315 e. The lowest BCUT2D eigenvalue weighted by molar-refractivity contribution is -0.121. The van der Waals surface area contributed by atoms with Crippen molar-refractivity contribution in [3.8, 4) is 0 Å². The van der Waals surface area contributed by atoms with Crippen LogP contribution in [0, 0.1) is 17.8 Å². The third-order valence-corrected chi connectivity index (χ3v) is 6.07. The Hall–Kier alpha value is -1.26. The number of rotatable bonds is 6. The smallest absolute Gasteiger partial charge is 0.315 e. The van der Waals surface area contributed by atoms with Crippen molar-refractivity contribution in [2.75, 3.05) is 6.54 Å². The summed E-state index contributed by atoms with van der Waals surface area (Å²) in [6.07, 6.45) is 8.85. The van der Waals surface area contributed by atoms with Crippen molar-refractivity contribution in [3.63, 3.8) is 0 Å². The molecule has 1 atom stereocenters. The minimum atomic E-state index is -0.0942. The number of carbonyl (C=O) groups is 2. The van der Waals surface area contributed by atoms with Crippen LogP contribution in [0.25, 0.3) is 0 Å². The van der Waals surface area contributed by atoms with E-state index in [4.69, 9.17) is 0 Å². The fraction of sp³-hybridized carbons (Fsp3) is 0.889. The summed E-state index contributed by atoms with van der Waals surface area (Å²) in [5.74, 6) is 2.48. The number of hydrogen-bond acceptors (Lipinski definition) is 2. The first-order valence-electron chi connectivity index (χ1n) is 9.33. The third-order valence-electron chi connectivity index (χ3n) is 6.07. The van der Waals surface area contributed by atoms with Crippen molar-refractivity contribution in [1.29, 1.82) is 0 Å². The van der Waals surface area contributed by atoms with E-state index < -0.39 is 0 Å². The van der Waals surface area contributed by atoms with Crippen molar-refractivity contribution in [3.05, 3.63) is 0 Å². The second-order valence-corrected chi connectivity index (χ2v) is 8.21. The Morgan fingerprint density at radius 1 is 1.09 bits per heavy atom. The van der Waals surface area contributed by atoms with E-state index in [-0.39, 0.29) is 23.5 Å². The van der Waals surface area contributed by atoms with Gasteiger partial charge in [0.2, 0.25) is 5.91 Å². The van der Waals surface area contributed by atoms with Gasteiger partial charge in [0, 0.05) is 24.5 Å². The molecule has 0 radical (unpaired) electrons. The molecular weight excluding hydrogens is 290 g/mol. The molecule has 4 bridgehead atoms. The summed E-state index contributed by atoms with van der Waals surface area (Å²) in [7, 11) is 0. The van der Waals surface area contributed by atoms with Crippen LogP contribution < -0.4 is 16.0 Å². The molecule has 4 rings (SSSR count). The van der Waals surface area contributed by atoms with Crippen LogP contribution in [0.3, 0.4) is 0 Å². The second-order valence-electron chi connectivity index (χ2n) is 8.21. The Morgan fingerprint density at radius 3 is 2.17 bits per heavy atom. The Labute approximate surface area is 139 Å². The van der Waals surface area contributed by atoms with Gasteiger partial charge in [0.1, 0.15) is 0 Å². The van der Waals surface area contributed by atoms with Crippen LogP contribution in [-0.4, -0.2) is 30.1 Å². The summed E-state index contributed by atoms with van der Waals surface area (Å²) in [6, 6.07) is 0.103. The highest BCUT2D eigenvalue weighted by molar-refractivity contribution is 5.78. The second kappa shape index (κ2) is 6.70. The van der Waals surface area contributed by atoms with E-state index in [1.165, 1.54) is 19.3 Å². The van der Waals surface area contributed by atoms with Crippen molar-refractivity contribution in [1.82, 2.24) is 16.0 Å². The predicted molar refractivity (Wildman–Crippen MR) is 90.0 cm³/mol. The van der Waals surface area contributed by atoms with Gasteiger partial charge in [-0.2, -0.15) is 0 Å². The lowest BCUT2D eigenvalue weighted by atomic mass is 9.53. The lowest BCUT2D eigenvalue weighted by Gasteiger charge is -2.56. The molecule has 3 N–H and O–H groups in total. The minimum absolute atomic E-state index is 0.00875. The first-order chi connectivity index (χ1) is 11.0. The standard InChI is InChI=1S/C18H31N3O2/c1-3-12(2)20-16(22)4-5-19-17(23)21-18-9-13-6-14(10-18)8-15(7-13)11-18/h12-15H,3-11H2,1-2H3,(H,20,22)(H2,19,21,23). The molecule has 0 spiro atoms. The Morgan fingerprint density at radius 2 is 1.65 bits per heavy atom.